The average Bonchev–Trinajstić information content (AvgIpc) is 2.61. The molecule has 0 unspecified atom stereocenters. The van der Waals surface area contributed by atoms with Crippen LogP contribution < -0.4 is 10.2 Å². The molecule has 0 spiro atoms. The van der Waals surface area contributed by atoms with E-state index in [1.807, 2.05) is 56.3 Å². The van der Waals surface area contributed by atoms with Gasteiger partial charge in [-0.3, -0.25) is 4.79 Å². The van der Waals surface area contributed by atoms with Crippen LogP contribution >= 0.6 is 0 Å². The molecule has 24 heavy (non-hydrogen) atoms. The summed E-state index contributed by atoms with van der Waals surface area (Å²) in [6.07, 6.45) is 2.41. The second-order valence-electron chi connectivity index (χ2n) is 6.13. The Kier molecular flexibility index (Phi) is 4.69. The Morgan fingerprint density at radius 3 is 2.88 bits per heavy atom. The molecule has 2 aromatic rings. The van der Waals surface area contributed by atoms with Gasteiger partial charge in [0.05, 0.1) is 17.7 Å². The molecular formula is C19H23N3O2. The van der Waals surface area contributed by atoms with Crippen molar-refractivity contribution in [2.75, 3.05) is 30.9 Å². The number of amides is 1. The molecule has 1 aliphatic rings. The highest BCUT2D eigenvalue weighted by molar-refractivity contribution is 6.05. The zero-order valence-corrected chi connectivity index (χ0v) is 14.4. The van der Waals surface area contributed by atoms with Crippen LogP contribution in [0.3, 0.4) is 0 Å². The maximum Gasteiger partial charge on any atom is 0.254 e. The van der Waals surface area contributed by atoms with E-state index in [-0.39, 0.29) is 5.91 Å². The quantitative estimate of drug-likeness (QED) is 0.931. The largest absolute Gasteiger partial charge is 0.497 e. The Morgan fingerprint density at radius 2 is 2.12 bits per heavy atom. The molecule has 2 heterocycles. The lowest BCUT2D eigenvalue weighted by Crippen LogP contribution is -2.20. The van der Waals surface area contributed by atoms with Gasteiger partial charge in [-0.1, -0.05) is 6.92 Å². The number of pyridine rings is 1. The van der Waals surface area contributed by atoms with E-state index in [1.165, 1.54) is 0 Å². The number of ether oxygens (including phenoxy) is 1. The highest BCUT2D eigenvalue weighted by Gasteiger charge is 2.19. The average molecular weight is 325 g/mol. The Morgan fingerprint density at radius 1 is 1.29 bits per heavy atom. The first kappa shape index (κ1) is 16.3. The van der Waals surface area contributed by atoms with Gasteiger partial charge in [-0.2, -0.15) is 0 Å². The molecular weight excluding hydrogens is 302 g/mol. The lowest BCUT2D eigenvalue weighted by Gasteiger charge is -2.20. The molecule has 1 amide bonds. The fourth-order valence-electron chi connectivity index (χ4n) is 2.87. The van der Waals surface area contributed by atoms with Gasteiger partial charge in [0.25, 0.3) is 5.91 Å². The Bertz CT molecular complexity index is 796. The van der Waals surface area contributed by atoms with Crippen molar-refractivity contribution < 1.29 is 9.53 Å². The summed E-state index contributed by atoms with van der Waals surface area (Å²) in [6.45, 7) is 2.72. The van der Waals surface area contributed by atoms with Crippen molar-refractivity contribution in [2.24, 2.45) is 0 Å². The zero-order valence-electron chi connectivity index (χ0n) is 14.4. The minimum Gasteiger partial charge on any atom is -0.497 e. The van der Waals surface area contributed by atoms with E-state index in [1.54, 1.807) is 0 Å². The second kappa shape index (κ2) is 6.91. The van der Waals surface area contributed by atoms with Crippen LogP contribution in [0, 0.1) is 0 Å². The number of fused-ring (bicyclic) bond motifs is 1. The molecule has 0 radical (unpaired) electrons. The molecule has 1 aromatic heterocycles. The van der Waals surface area contributed by atoms with E-state index in [0.717, 1.165) is 53.0 Å². The first-order chi connectivity index (χ1) is 11.6. The molecule has 1 N–H and O–H groups in total. The number of carbonyl (C=O) groups is 1. The van der Waals surface area contributed by atoms with Crippen LogP contribution in [0.5, 0.6) is 0 Å². The molecule has 1 aromatic carbocycles. The van der Waals surface area contributed by atoms with Crippen LogP contribution in [0.4, 0.5) is 11.5 Å². The molecule has 126 valence electrons. The van der Waals surface area contributed by atoms with Gasteiger partial charge < -0.3 is 15.0 Å². The summed E-state index contributed by atoms with van der Waals surface area (Å²) < 4.78 is 5.61. The van der Waals surface area contributed by atoms with E-state index < -0.39 is 0 Å². The third kappa shape index (κ3) is 3.35. The van der Waals surface area contributed by atoms with Crippen LogP contribution in [0.1, 0.15) is 26.2 Å². The molecule has 0 aliphatic carbocycles. The monoisotopic (exact) mass is 325 g/mol. The summed E-state index contributed by atoms with van der Waals surface area (Å²) in [6, 6.07) is 9.77. The van der Waals surface area contributed by atoms with Gasteiger partial charge in [-0.05, 0) is 43.2 Å². The van der Waals surface area contributed by atoms with Crippen LogP contribution in [-0.4, -0.2) is 31.6 Å². The first-order valence-electron chi connectivity index (χ1n) is 8.33. The number of anilines is 2. The Hall–Kier alpha value is -2.56. The normalized spacial score (nSPS) is 14.5. The van der Waals surface area contributed by atoms with E-state index in [9.17, 15) is 4.79 Å². The van der Waals surface area contributed by atoms with Crippen molar-refractivity contribution in [1.82, 2.24) is 4.98 Å². The van der Waals surface area contributed by atoms with Crippen LogP contribution in [-0.2, 0) is 9.53 Å². The summed E-state index contributed by atoms with van der Waals surface area (Å²) in [5, 5.41) is 3.99. The number of rotatable bonds is 4. The van der Waals surface area contributed by atoms with Crippen molar-refractivity contribution in [3.8, 4) is 0 Å². The van der Waals surface area contributed by atoms with Crippen molar-refractivity contribution >= 4 is 28.3 Å². The molecule has 5 nitrogen and oxygen atoms in total. The molecule has 5 heteroatoms. The van der Waals surface area contributed by atoms with E-state index in [4.69, 9.17) is 4.74 Å². The predicted octanol–water partition coefficient (Wildman–Crippen LogP) is 3.71. The molecule has 1 aliphatic heterocycles. The maximum absolute atomic E-state index is 12.5. The van der Waals surface area contributed by atoms with Gasteiger partial charge in [-0.25, -0.2) is 4.98 Å². The fourth-order valence-corrected chi connectivity index (χ4v) is 2.87. The highest BCUT2D eigenvalue weighted by atomic mass is 16.5. The zero-order chi connectivity index (χ0) is 17.1. The number of aromatic nitrogens is 1. The maximum atomic E-state index is 12.5. The number of nitrogens with zero attached hydrogens (tertiary/aromatic N) is 2. The SMILES string of the molecule is CCC1=C(C(=O)Nc2ccc3nc(N(C)C)ccc3c2)CCCO1. The van der Waals surface area contributed by atoms with Crippen LogP contribution in [0.2, 0.25) is 0 Å². The van der Waals surface area contributed by atoms with Gasteiger partial charge in [0, 0.05) is 31.6 Å². The number of allylic oxidation sites excluding steroid dienone is 1. The second-order valence-corrected chi connectivity index (χ2v) is 6.13. The van der Waals surface area contributed by atoms with Crippen molar-refractivity contribution in [3.63, 3.8) is 0 Å². The van der Waals surface area contributed by atoms with Gasteiger partial charge in [0.2, 0.25) is 0 Å². The summed E-state index contributed by atoms with van der Waals surface area (Å²) >= 11 is 0. The van der Waals surface area contributed by atoms with E-state index >= 15 is 0 Å². The smallest absolute Gasteiger partial charge is 0.254 e. The number of benzene rings is 1. The number of carbonyl (C=O) groups excluding carboxylic acids is 1. The van der Waals surface area contributed by atoms with Gasteiger partial charge in [0.1, 0.15) is 11.6 Å². The Balaban J connectivity index is 1.83. The summed E-state index contributed by atoms with van der Waals surface area (Å²) in [4.78, 5) is 19.1. The third-order valence-electron chi connectivity index (χ3n) is 4.17. The Labute approximate surface area is 142 Å². The minimum atomic E-state index is -0.0660. The van der Waals surface area contributed by atoms with E-state index in [0.29, 0.717) is 6.61 Å². The molecule has 0 saturated heterocycles. The van der Waals surface area contributed by atoms with E-state index in [2.05, 4.69) is 10.3 Å². The van der Waals surface area contributed by atoms with Crippen molar-refractivity contribution in [3.05, 3.63) is 41.7 Å². The number of hydrogen-bond acceptors (Lipinski definition) is 4. The molecule has 0 bridgehead atoms. The highest BCUT2D eigenvalue weighted by Crippen LogP contribution is 2.25. The molecule has 3 rings (SSSR count). The fraction of sp³-hybridized carbons (Fsp3) is 0.368. The van der Waals surface area contributed by atoms with Crippen molar-refractivity contribution in [2.45, 2.75) is 26.2 Å². The summed E-state index contributed by atoms with van der Waals surface area (Å²) in [7, 11) is 3.93. The number of nitrogens with one attached hydrogen (secondary N) is 1. The first-order valence-corrected chi connectivity index (χ1v) is 8.33. The predicted molar refractivity (Wildman–Crippen MR) is 97.2 cm³/mol. The van der Waals surface area contributed by atoms with Crippen molar-refractivity contribution in [1.29, 1.82) is 0 Å². The topological polar surface area (TPSA) is 54.5 Å². The van der Waals surface area contributed by atoms with Crippen LogP contribution in [0.15, 0.2) is 41.7 Å². The third-order valence-corrected chi connectivity index (χ3v) is 4.17. The summed E-state index contributed by atoms with van der Waals surface area (Å²) in [5.41, 5.74) is 2.46. The minimum absolute atomic E-state index is 0.0660. The van der Waals surface area contributed by atoms with Gasteiger partial charge >= 0.3 is 0 Å². The standard InChI is InChI=1S/C19H23N3O2/c1-4-17-15(6-5-11-24-17)19(23)20-14-8-9-16-13(12-14)7-10-18(21-16)22(2)3/h7-10,12H,4-6,11H2,1-3H3,(H,20,23). The molecule has 0 fully saturated rings. The summed E-state index contributed by atoms with van der Waals surface area (Å²) in [5.74, 6) is 1.66. The lowest BCUT2D eigenvalue weighted by atomic mass is 10.0. The number of hydrogen-bond donors (Lipinski definition) is 1. The lowest BCUT2D eigenvalue weighted by molar-refractivity contribution is -0.113. The van der Waals surface area contributed by atoms with Gasteiger partial charge in [0.15, 0.2) is 0 Å². The molecule has 0 atom stereocenters. The molecule has 0 saturated carbocycles. The van der Waals surface area contributed by atoms with Crippen LogP contribution in [0.25, 0.3) is 10.9 Å². The van der Waals surface area contributed by atoms with Gasteiger partial charge in [-0.15, -0.1) is 0 Å².